The number of pyridine rings is 1. The Balaban J connectivity index is 1.69. The number of amides is 2. The Kier molecular flexibility index (Phi) is 3.76. The van der Waals surface area contributed by atoms with Gasteiger partial charge >= 0.3 is 5.91 Å². The molecule has 1 aromatic carbocycles. The molecule has 6 nitrogen and oxygen atoms in total. The standard InChI is InChI=1S/C15H10ClN3O3/c16-10-4-5-12-9(7-10)8-13(22-12)15(21)19-18-14(20)11-3-1-2-6-17-11/h1-8H,(H,18,20)(H,19,21). The van der Waals surface area contributed by atoms with E-state index in [1.165, 1.54) is 12.3 Å². The van der Waals surface area contributed by atoms with Gasteiger partial charge in [0, 0.05) is 16.6 Å². The van der Waals surface area contributed by atoms with E-state index in [-0.39, 0.29) is 11.5 Å². The molecule has 0 unspecified atom stereocenters. The number of aromatic nitrogens is 1. The smallest absolute Gasteiger partial charge is 0.305 e. The van der Waals surface area contributed by atoms with Crippen molar-refractivity contribution in [3.8, 4) is 0 Å². The monoisotopic (exact) mass is 315 g/mol. The van der Waals surface area contributed by atoms with Crippen molar-refractivity contribution in [2.75, 3.05) is 0 Å². The number of benzene rings is 1. The molecule has 110 valence electrons. The number of carbonyl (C=O) groups is 2. The summed E-state index contributed by atoms with van der Waals surface area (Å²) < 4.78 is 5.39. The third-order valence-electron chi connectivity index (χ3n) is 2.89. The molecule has 0 aliphatic rings. The minimum absolute atomic E-state index is 0.0681. The Morgan fingerprint density at radius 2 is 1.86 bits per heavy atom. The second kappa shape index (κ2) is 5.87. The van der Waals surface area contributed by atoms with Gasteiger partial charge in [-0.3, -0.25) is 25.4 Å². The third-order valence-corrected chi connectivity index (χ3v) is 3.12. The summed E-state index contributed by atoms with van der Waals surface area (Å²) in [6, 6.07) is 11.5. The van der Waals surface area contributed by atoms with Crippen LogP contribution < -0.4 is 10.9 Å². The van der Waals surface area contributed by atoms with Crippen molar-refractivity contribution < 1.29 is 14.0 Å². The second-order valence-electron chi connectivity index (χ2n) is 4.42. The molecule has 0 aliphatic carbocycles. The number of halogens is 1. The van der Waals surface area contributed by atoms with E-state index < -0.39 is 11.8 Å². The fourth-order valence-electron chi connectivity index (χ4n) is 1.86. The van der Waals surface area contributed by atoms with Gasteiger partial charge in [0.2, 0.25) is 0 Å². The highest BCUT2D eigenvalue weighted by Crippen LogP contribution is 2.22. The largest absolute Gasteiger partial charge is 0.451 e. The molecule has 3 rings (SSSR count). The molecule has 0 saturated carbocycles. The number of fused-ring (bicyclic) bond motifs is 1. The van der Waals surface area contributed by atoms with Gasteiger partial charge in [0.05, 0.1) is 0 Å². The molecule has 0 radical (unpaired) electrons. The molecular formula is C15H10ClN3O3. The predicted molar refractivity (Wildman–Crippen MR) is 80.4 cm³/mol. The lowest BCUT2D eigenvalue weighted by Gasteiger charge is -2.04. The van der Waals surface area contributed by atoms with Crippen LogP contribution >= 0.6 is 11.6 Å². The van der Waals surface area contributed by atoms with Crippen LogP contribution in [0.5, 0.6) is 0 Å². The average molecular weight is 316 g/mol. The Morgan fingerprint density at radius 1 is 1.05 bits per heavy atom. The molecule has 2 heterocycles. The molecule has 7 heteroatoms. The van der Waals surface area contributed by atoms with Crippen LogP contribution in [0.25, 0.3) is 11.0 Å². The van der Waals surface area contributed by atoms with E-state index >= 15 is 0 Å². The zero-order valence-electron chi connectivity index (χ0n) is 11.2. The highest BCUT2D eigenvalue weighted by Gasteiger charge is 2.14. The fraction of sp³-hybridized carbons (Fsp3) is 0. The SMILES string of the molecule is O=C(NNC(=O)c1cc2cc(Cl)ccc2o1)c1ccccn1. The van der Waals surface area contributed by atoms with Crippen LogP contribution in [0.2, 0.25) is 5.02 Å². The van der Waals surface area contributed by atoms with Crippen molar-refractivity contribution in [2.45, 2.75) is 0 Å². The molecule has 0 atom stereocenters. The van der Waals surface area contributed by atoms with Gasteiger partial charge in [-0.05, 0) is 36.4 Å². The van der Waals surface area contributed by atoms with Gasteiger partial charge in [0.15, 0.2) is 5.76 Å². The Bertz CT molecular complexity index is 846. The van der Waals surface area contributed by atoms with E-state index in [1.54, 1.807) is 36.4 Å². The van der Waals surface area contributed by atoms with Crippen LogP contribution in [0, 0.1) is 0 Å². The molecule has 0 spiro atoms. The minimum atomic E-state index is -0.573. The lowest BCUT2D eigenvalue weighted by molar-refractivity contribution is 0.0830. The zero-order chi connectivity index (χ0) is 15.5. The number of hydrogen-bond acceptors (Lipinski definition) is 4. The number of nitrogens with one attached hydrogen (secondary N) is 2. The van der Waals surface area contributed by atoms with Crippen LogP contribution in [0.15, 0.2) is 53.1 Å². The van der Waals surface area contributed by atoms with Crippen LogP contribution in [-0.2, 0) is 0 Å². The van der Waals surface area contributed by atoms with E-state index in [0.717, 1.165) is 0 Å². The molecule has 2 N–H and O–H groups in total. The maximum absolute atomic E-state index is 12.0. The number of hydrogen-bond donors (Lipinski definition) is 2. The number of hydrazine groups is 1. The summed E-state index contributed by atoms with van der Waals surface area (Å²) in [6.07, 6.45) is 1.49. The normalized spacial score (nSPS) is 10.4. The van der Waals surface area contributed by atoms with Gasteiger partial charge in [-0.1, -0.05) is 17.7 Å². The zero-order valence-corrected chi connectivity index (χ0v) is 11.9. The molecule has 2 amide bonds. The summed E-state index contributed by atoms with van der Waals surface area (Å²) in [4.78, 5) is 27.6. The Labute approximate surface area is 130 Å². The van der Waals surface area contributed by atoms with Crippen molar-refractivity contribution in [3.05, 3.63) is 65.1 Å². The lowest BCUT2D eigenvalue weighted by atomic mass is 10.2. The third kappa shape index (κ3) is 2.91. The Hall–Kier alpha value is -2.86. The molecular weight excluding hydrogens is 306 g/mol. The molecule has 2 aromatic heterocycles. The molecule has 0 fully saturated rings. The van der Waals surface area contributed by atoms with E-state index in [0.29, 0.717) is 16.0 Å². The van der Waals surface area contributed by atoms with Crippen LogP contribution in [0.1, 0.15) is 21.0 Å². The summed E-state index contributed by atoms with van der Waals surface area (Å²) in [5, 5.41) is 1.25. The second-order valence-corrected chi connectivity index (χ2v) is 4.85. The van der Waals surface area contributed by atoms with Crippen molar-refractivity contribution in [2.24, 2.45) is 0 Å². The quantitative estimate of drug-likeness (QED) is 0.712. The average Bonchev–Trinajstić information content (AvgIpc) is 2.96. The predicted octanol–water partition coefficient (Wildman–Crippen LogP) is 2.56. The lowest BCUT2D eigenvalue weighted by Crippen LogP contribution is -2.41. The molecule has 0 saturated heterocycles. The highest BCUT2D eigenvalue weighted by atomic mass is 35.5. The molecule has 0 aliphatic heterocycles. The first-order chi connectivity index (χ1) is 10.6. The maximum atomic E-state index is 12.0. The van der Waals surface area contributed by atoms with Gasteiger partial charge in [-0.25, -0.2) is 0 Å². The maximum Gasteiger partial charge on any atom is 0.305 e. The Morgan fingerprint density at radius 3 is 2.64 bits per heavy atom. The van der Waals surface area contributed by atoms with E-state index in [4.69, 9.17) is 16.0 Å². The van der Waals surface area contributed by atoms with Gasteiger partial charge in [0.1, 0.15) is 11.3 Å². The van der Waals surface area contributed by atoms with Crippen molar-refractivity contribution in [3.63, 3.8) is 0 Å². The molecule has 22 heavy (non-hydrogen) atoms. The van der Waals surface area contributed by atoms with Crippen molar-refractivity contribution >= 4 is 34.4 Å². The molecule has 3 aromatic rings. The first-order valence-corrected chi connectivity index (χ1v) is 6.72. The topological polar surface area (TPSA) is 84.2 Å². The number of rotatable bonds is 2. The molecule has 0 bridgehead atoms. The summed E-state index contributed by atoms with van der Waals surface area (Å²) >= 11 is 5.87. The van der Waals surface area contributed by atoms with Gasteiger partial charge in [-0.2, -0.15) is 0 Å². The van der Waals surface area contributed by atoms with Gasteiger partial charge in [-0.15, -0.1) is 0 Å². The van der Waals surface area contributed by atoms with Gasteiger partial charge < -0.3 is 4.42 Å². The first-order valence-electron chi connectivity index (χ1n) is 6.34. The summed E-state index contributed by atoms with van der Waals surface area (Å²) in [5.74, 6) is -1.02. The highest BCUT2D eigenvalue weighted by molar-refractivity contribution is 6.31. The summed E-state index contributed by atoms with van der Waals surface area (Å²) in [7, 11) is 0. The van der Waals surface area contributed by atoms with E-state index in [1.807, 2.05) is 0 Å². The summed E-state index contributed by atoms with van der Waals surface area (Å²) in [6.45, 7) is 0. The van der Waals surface area contributed by atoms with Crippen molar-refractivity contribution in [1.82, 2.24) is 15.8 Å². The first kappa shape index (κ1) is 14.1. The van der Waals surface area contributed by atoms with Gasteiger partial charge in [0.25, 0.3) is 5.91 Å². The number of furan rings is 1. The van der Waals surface area contributed by atoms with E-state index in [9.17, 15) is 9.59 Å². The van der Waals surface area contributed by atoms with Crippen LogP contribution in [-0.4, -0.2) is 16.8 Å². The minimum Gasteiger partial charge on any atom is -0.451 e. The number of carbonyl (C=O) groups excluding carboxylic acids is 2. The fourth-order valence-corrected chi connectivity index (χ4v) is 2.04. The van der Waals surface area contributed by atoms with E-state index in [2.05, 4.69) is 15.8 Å². The van der Waals surface area contributed by atoms with Crippen LogP contribution in [0.4, 0.5) is 0 Å². The number of nitrogens with zero attached hydrogens (tertiary/aromatic N) is 1. The van der Waals surface area contributed by atoms with Crippen molar-refractivity contribution in [1.29, 1.82) is 0 Å². The summed E-state index contributed by atoms with van der Waals surface area (Å²) in [5.41, 5.74) is 5.26. The van der Waals surface area contributed by atoms with Crippen LogP contribution in [0.3, 0.4) is 0 Å².